The van der Waals surface area contributed by atoms with Crippen molar-refractivity contribution in [2.24, 2.45) is 0 Å². The quantitative estimate of drug-likeness (QED) is 0.0305. The molecule has 81 heavy (non-hydrogen) atoms. The number of piperazine rings is 2. The molecule has 0 atom stereocenters. The third-order valence-corrected chi connectivity index (χ3v) is 13.1. The molecule has 0 unspecified atom stereocenters. The minimum Gasteiger partial charge on any atom is -1.00 e. The predicted molar refractivity (Wildman–Crippen MR) is 309 cm³/mol. The second-order valence-electron chi connectivity index (χ2n) is 18.8. The van der Waals surface area contributed by atoms with Gasteiger partial charge >= 0.3 is 103 Å². The van der Waals surface area contributed by atoms with Gasteiger partial charge in [-0.1, -0.05) is 36.4 Å². The number of amides is 1. The fraction of sp³-hybridized carbons (Fsp3) is 0.237. The van der Waals surface area contributed by atoms with E-state index in [9.17, 15) is 9.59 Å². The van der Waals surface area contributed by atoms with Crippen LogP contribution < -0.4 is 130 Å². The first kappa shape index (κ1) is 66.5. The fourth-order valence-electron chi connectivity index (χ4n) is 8.27. The van der Waals surface area contributed by atoms with Crippen molar-refractivity contribution < 1.29 is 129 Å². The molecule has 410 valence electrons. The topological polar surface area (TPSA) is 236 Å². The molecule has 22 heteroatoms. The minimum absolute atomic E-state index is 0. The maximum atomic E-state index is 12.9. The number of likely N-dealkylation sites (N-methyl/N-ethyl adjacent to an activating group) is 2. The molecule has 8 aromatic rings. The largest absolute Gasteiger partial charge is 1.00 e. The van der Waals surface area contributed by atoms with Crippen molar-refractivity contribution in [3.8, 4) is 22.5 Å². The van der Waals surface area contributed by atoms with Crippen LogP contribution in [0.3, 0.4) is 0 Å². The second-order valence-corrected chi connectivity index (χ2v) is 19.2. The Kier molecular flexibility index (Phi) is 28.7. The monoisotopic (exact) mass is 1160 g/mol. The van der Waals surface area contributed by atoms with Gasteiger partial charge in [-0.2, -0.15) is 0 Å². The minimum atomic E-state index is -0.392. The number of pyridine rings is 2. The molecule has 5 N–H and O–H groups in total. The van der Waals surface area contributed by atoms with E-state index in [1.54, 1.807) is 49.3 Å². The van der Waals surface area contributed by atoms with Gasteiger partial charge in [-0.3, -0.25) is 34.2 Å². The van der Waals surface area contributed by atoms with Gasteiger partial charge in [0.2, 0.25) is 11.9 Å². The number of hydrogen-bond donors (Lipinski definition) is 4. The molecule has 0 aliphatic carbocycles. The molecule has 2 fully saturated rings. The van der Waals surface area contributed by atoms with Crippen LogP contribution >= 0.6 is 11.6 Å². The Labute approximate surface area is 564 Å². The van der Waals surface area contributed by atoms with Crippen LogP contribution in [-0.2, 0) is 22.8 Å². The summed E-state index contributed by atoms with van der Waals surface area (Å²) in [4.78, 5) is 70.7. The number of halogens is 1. The average Bonchev–Trinajstić information content (AvgIpc) is 3.47. The molecular formula is C59H65ClK2N14O5. The summed E-state index contributed by atoms with van der Waals surface area (Å²) in [6, 6.07) is 38.3. The average molecular weight is 1160 g/mol. The number of aryl methyl sites for hydroxylation is 2. The number of nitrogen functional groups attached to an aromatic ring is 1. The number of carbonyl (C=O) groups excluding carboxylic acids is 3. The van der Waals surface area contributed by atoms with Crippen molar-refractivity contribution in [1.29, 1.82) is 0 Å². The van der Waals surface area contributed by atoms with E-state index in [-0.39, 0.29) is 117 Å². The van der Waals surface area contributed by atoms with Crippen LogP contribution in [0.4, 0.5) is 34.6 Å². The molecule has 19 nitrogen and oxygen atoms in total. The summed E-state index contributed by atoms with van der Waals surface area (Å²) in [5, 5.41) is 17.5. The summed E-state index contributed by atoms with van der Waals surface area (Å²) in [6.07, 6.45) is 10.4. The van der Waals surface area contributed by atoms with Crippen molar-refractivity contribution in [3.63, 3.8) is 0 Å². The standard InChI is InChI=1S/C29H31N7O.C16H15N5.C13H17ClN2O.CH2O3.2K.H/c1-21-5-10-25(18-27(21)34-29-31-13-11-26(33-29)24-4-3-12-30-19-24)32-28(37)23-8-6-22(7-9-23)20-36-16-14-35(2)15-17-36;1-11-4-5-13(17)9-15(11)21-16-19-8-6-14(20-16)12-3-2-7-18-10-12;1-15-6-8-16(9-7-15)10-11-2-4-12(5-3-11)13(14)17;2-1-4-3;;;/h3-13,18-19H,14-17,20H2,1-2H3,(H,32,37)(H,31,33,34);2-10H,17H2,1H3,(H,19,20,21);2-5H,6-10H2,1H3;1,3H;;;/q;;;;2*+1;-1/p-1. The molecule has 4 aromatic heterocycles. The van der Waals surface area contributed by atoms with Gasteiger partial charge in [0.25, 0.3) is 17.6 Å². The summed E-state index contributed by atoms with van der Waals surface area (Å²) >= 11 is 5.41. The van der Waals surface area contributed by atoms with Gasteiger partial charge in [0, 0.05) is 148 Å². The summed E-state index contributed by atoms with van der Waals surface area (Å²) in [5.41, 5.74) is 18.1. The van der Waals surface area contributed by atoms with Gasteiger partial charge < -0.3 is 43.1 Å². The number of nitrogens with two attached hydrogens (primary N) is 1. The maximum absolute atomic E-state index is 12.9. The summed E-state index contributed by atoms with van der Waals surface area (Å²) in [7, 11) is 4.31. The van der Waals surface area contributed by atoms with Crippen molar-refractivity contribution >= 4 is 63.9 Å². The van der Waals surface area contributed by atoms with E-state index >= 15 is 0 Å². The van der Waals surface area contributed by atoms with Gasteiger partial charge in [0.15, 0.2) is 0 Å². The van der Waals surface area contributed by atoms with Crippen molar-refractivity contribution in [1.82, 2.24) is 49.5 Å². The van der Waals surface area contributed by atoms with Crippen LogP contribution in [0.1, 0.15) is 44.4 Å². The smallest absolute Gasteiger partial charge is 1.00 e. The van der Waals surface area contributed by atoms with E-state index in [0.29, 0.717) is 34.4 Å². The van der Waals surface area contributed by atoms with E-state index in [0.717, 1.165) is 110 Å². The maximum Gasteiger partial charge on any atom is 1.00 e. The van der Waals surface area contributed by atoms with Gasteiger partial charge in [0.1, 0.15) is 0 Å². The molecule has 2 aliphatic rings. The van der Waals surface area contributed by atoms with Gasteiger partial charge in [-0.25, -0.2) is 19.9 Å². The summed E-state index contributed by atoms with van der Waals surface area (Å²) < 4.78 is 0. The van der Waals surface area contributed by atoms with E-state index in [2.05, 4.69) is 84.4 Å². The Morgan fingerprint density at radius 3 is 1.51 bits per heavy atom. The normalized spacial score (nSPS) is 13.3. The molecule has 6 heterocycles. The molecular weight excluding hydrogens is 1100 g/mol. The number of benzene rings is 4. The zero-order valence-electron chi connectivity index (χ0n) is 47.6. The van der Waals surface area contributed by atoms with E-state index in [1.807, 2.05) is 123 Å². The first-order chi connectivity index (χ1) is 38.3. The molecule has 10 rings (SSSR count). The number of nitrogens with zero attached hydrogens (tertiary/aromatic N) is 10. The number of nitrogens with one attached hydrogen (secondary N) is 3. The van der Waals surface area contributed by atoms with Crippen LogP contribution in [0.15, 0.2) is 159 Å². The number of aromatic nitrogens is 6. The van der Waals surface area contributed by atoms with Crippen LogP contribution in [-0.4, -0.2) is 134 Å². The fourth-order valence-corrected chi connectivity index (χ4v) is 8.40. The SMILES string of the molecule is CN1CCN(Cc2ccc(C(=O)Cl)cc2)CC1.Cc1ccc(N)cc1Nc1nccc(-c2cccnc2)n1.Cc1ccc(NC(=O)c2ccc(CN3CCN(C)CC3)cc2)cc1Nc1nccc(-c2cccnc2)n1.O=CO[O-].[H-].[K+].[K+]. The zero-order valence-corrected chi connectivity index (χ0v) is 53.6. The van der Waals surface area contributed by atoms with Crippen molar-refractivity contribution in [2.45, 2.75) is 26.9 Å². The number of anilines is 6. The Bertz CT molecular complexity index is 3220. The molecule has 0 radical (unpaired) electrons. The van der Waals surface area contributed by atoms with Crippen molar-refractivity contribution in [3.05, 3.63) is 192 Å². The third kappa shape index (κ3) is 22.1. The second kappa shape index (κ2) is 35.0. The molecule has 0 bridgehead atoms. The zero-order chi connectivity index (χ0) is 55.9. The van der Waals surface area contributed by atoms with E-state index in [4.69, 9.17) is 27.4 Å². The summed E-state index contributed by atoms with van der Waals surface area (Å²) in [5.74, 6) is 0.865. The van der Waals surface area contributed by atoms with Gasteiger partial charge in [0.05, 0.1) is 11.4 Å². The van der Waals surface area contributed by atoms with Crippen molar-refractivity contribution in [2.75, 3.05) is 88.1 Å². The van der Waals surface area contributed by atoms with Gasteiger partial charge in [-0.05, 0) is 147 Å². The first-order valence-electron chi connectivity index (χ1n) is 25.5. The Morgan fingerprint density at radius 1 is 0.630 bits per heavy atom. The number of carbonyl (C=O) groups is 3. The Morgan fingerprint density at radius 2 is 1.07 bits per heavy atom. The molecule has 1 amide bonds. The Balaban J connectivity index is 0.000000273. The van der Waals surface area contributed by atoms with Gasteiger partial charge in [-0.15, -0.1) is 0 Å². The molecule has 0 saturated carbocycles. The summed E-state index contributed by atoms with van der Waals surface area (Å²) in [6.45, 7) is 14.5. The molecule has 4 aromatic carbocycles. The predicted octanol–water partition coefficient (Wildman–Crippen LogP) is 2.13. The third-order valence-electron chi connectivity index (χ3n) is 12.9. The molecule has 0 spiro atoms. The molecule has 2 saturated heterocycles. The van der Waals surface area contributed by atoms with Crippen LogP contribution in [0.25, 0.3) is 22.5 Å². The first-order valence-corrected chi connectivity index (χ1v) is 25.9. The number of hydrogen-bond acceptors (Lipinski definition) is 18. The number of rotatable bonds is 14. The molecule has 2 aliphatic heterocycles. The van der Waals surface area contributed by atoms with Crippen LogP contribution in [0.2, 0.25) is 0 Å². The van der Waals surface area contributed by atoms with E-state index < -0.39 is 5.24 Å². The van der Waals surface area contributed by atoms with Crippen LogP contribution in [0, 0.1) is 13.8 Å². The van der Waals surface area contributed by atoms with E-state index in [1.165, 1.54) is 11.1 Å². The van der Waals surface area contributed by atoms with Crippen LogP contribution in [0.5, 0.6) is 0 Å². The Hall–Kier alpha value is -5.29.